The molecule has 17 heavy (non-hydrogen) atoms. The zero-order valence-corrected chi connectivity index (χ0v) is 10.6. The highest BCUT2D eigenvalue weighted by Crippen LogP contribution is 2.27. The number of alkyl halides is 2. The third kappa shape index (κ3) is 3.44. The molecule has 0 unspecified atom stereocenters. The van der Waals surface area contributed by atoms with Gasteiger partial charge in [-0.05, 0) is 6.07 Å². The molecule has 0 fully saturated rings. The summed E-state index contributed by atoms with van der Waals surface area (Å²) in [6.07, 6.45) is -2.89. The number of esters is 1. The van der Waals surface area contributed by atoms with Crippen LogP contribution in [0.4, 0.5) is 8.78 Å². The number of nitrogens with zero attached hydrogens (tertiary/aromatic N) is 1. The average Bonchev–Trinajstić information content (AvgIpc) is 2.28. The molecule has 1 aromatic heterocycles. The monoisotopic (exact) mass is 308 g/mol. The fourth-order valence-electron chi connectivity index (χ4n) is 1.30. The predicted molar refractivity (Wildman–Crippen MR) is 60.5 cm³/mol. The lowest BCUT2D eigenvalue weighted by molar-refractivity contribution is -0.139. The van der Waals surface area contributed by atoms with Gasteiger partial charge in [0, 0.05) is 16.6 Å². The summed E-state index contributed by atoms with van der Waals surface area (Å²) in [6.45, 7) is -0.0498. The van der Waals surface area contributed by atoms with Crippen LogP contribution in [0.3, 0.4) is 0 Å². The zero-order valence-electron chi connectivity index (χ0n) is 9.04. The smallest absolute Gasteiger partial charge is 0.311 e. The van der Waals surface area contributed by atoms with Crippen molar-refractivity contribution < 1.29 is 18.3 Å². The minimum absolute atomic E-state index is 0.0498. The zero-order chi connectivity index (χ0) is 13.0. The van der Waals surface area contributed by atoms with Crippen molar-refractivity contribution in [2.45, 2.75) is 19.4 Å². The molecule has 2 N–H and O–H groups in total. The average molecular weight is 309 g/mol. The lowest BCUT2D eigenvalue weighted by Crippen LogP contribution is -2.11. The molecular formula is C10H11BrF2N2O2. The minimum Gasteiger partial charge on any atom is -0.469 e. The van der Waals surface area contributed by atoms with E-state index in [2.05, 4.69) is 25.7 Å². The molecule has 4 nitrogen and oxygen atoms in total. The Hall–Kier alpha value is -1.08. The number of nitrogens with two attached hydrogens (primary N) is 1. The van der Waals surface area contributed by atoms with Crippen molar-refractivity contribution in [2.75, 3.05) is 7.11 Å². The van der Waals surface area contributed by atoms with E-state index in [1.807, 2.05) is 0 Å². The van der Waals surface area contributed by atoms with Crippen molar-refractivity contribution in [2.24, 2.45) is 5.73 Å². The van der Waals surface area contributed by atoms with Gasteiger partial charge in [0.15, 0.2) is 0 Å². The van der Waals surface area contributed by atoms with E-state index in [0.717, 1.165) is 0 Å². The molecule has 0 saturated carbocycles. The van der Waals surface area contributed by atoms with E-state index >= 15 is 0 Å². The van der Waals surface area contributed by atoms with E-state index in [-0.39, 0.29) is 24.2 Å². The van der Waals surface area contributed by atoms with E-state index in [1.54, 1.807) is 0 Å². The number of pyridine rings is 1. The summed E-state index contributed by atoms with van der Waals surface area (Å²) in [5.41, 5.74) is 5.43. The third-order valence-electron chi connectivity index (χ3n) is 2.12. The molecule has 0 aromatic carbocycles. The van der Waals surface area contributed by atoms with Gasteiger partial charge < -0.3 is 10.5 Å². The van der Waals surface area contributed by atoms with Crippen LogP contribution < -0.4 is 5.73 Å². The van der Waals surface area contributed by atoms with Gasteiger partial charge >= 0.3 is 5.97 Å². The van der Waals surface area contributed by atoms with Crippen LogP contribution in [0.15, 0.2) is 10.5 Å². The molecular weight excluding hydrogens is 298 g/mol. The predicted octanol–water partition coefficient (Wildman–Crippen LogP) is 1.96. The fraction of sp³-hybridized carbons (Fsp3) is 0.400. The number of hydrogen-bond acceptors (Lipinski definition) is 4. The van der Waals surface area contributed by atoms with Gasteiger partial charge in [-0.2, -0.15) is 0 Å². The molecule has 1 rings (SSSR count). The largest absolute Gasteiger partial charge is 0.469 e. The standard InChI is InChI=1S/C10H11BrF2N2O2/c1-17-8(16)3-5-2-7(11)6(4-14)9(15-5)10(12)13/h2,10H,3-4,14H2,1H3. The molecule has 0 atom stereocenters. The lowest BCUT2D eigenvalue weighted by Gasteiger charge is -2.10. The number of carbonyl (C=O) groups is 1. The molecule has 0 saturated heterocycles. The number of rotatable bonds is 4. The maximum absolute atomic E-state index is 12.7. The summed E-state index contributed by atoms with van der Waals surface area (Å²) in [6, 6.07) is 1.49. The van der Waals surface area contributed by atoms with Crippen molar-refractivity contribution in [1.82, 2.24) is 4.98 Å². The first-order valence-electron chi connectivity index (χ1n) is 4.72. The summed E-state index contributed by atoms with van der Waals surface area (Å²) in [5.74, 6) is -0.537. The quantitative estimate of drug-likeness (QED) is 0.864. The molecule has 0 aliphatic heterocycles. The summed E-state index contributed by atoms with van der Waals surface area (Å²) in [7, 11) is 1.22. The maximum Gasteiger partial charge on any atom is 0.311 e. The first-order chi connectivity index (χ1) is 7.99. The Bertz CT molecular complexity index is 427. The van der Waals surface area contributed by atoms with Crippen molar-refractivity contribution in [1.29, 1.82) is 0 Å². The molecule has 94 valence electrons. The molecule has 0 bridgehead atoms. The van der Waals surface area contributed by atoms with Crippen LogP contribution in [0.5, 0.6) is 0 Å². The number of ether oxygens (including phenoxy) is 1. The van der Waals surface area contributed by atoms with Crippen LogP contribution in [-0.2, 0) is 22.5 Å². The molecule has 0 spiro atoms. The number of carbonyl (C=O) groups excluding carboxylic acids is 1. The van der Waals surface area contributed by atoms with Gasteiger partial charge in [-0.25, -0.2) is 8.78 Å². The van der Waals surface area contributed by atoms with E-state index < -0.39 is 18.1 Å². The summed E-state index contributed by atoms with van der Waals surface area (Å²) in [5, 5.41) is 0. The highest BCUT2D eigenvalue weighted by molar-refractivity contribution is 9.10. The van der Waals surface area contributed by atoms with E-state index in [1.165, 1.54) is 13.2 Å². The van der Waals surface area contributed by atoms with Crippen LogP contribution in [0.1, 0.15) is 23.4 Å². The van der Waals surface area contributed by atoms with E-state index in [0.29, 0.717) is 4.47 Å². The Morgan fingerprint density at radius 2 is 2.29 bits per heavy atom. The normalized spacial score (nSPS) is 10.7. The Labute approximate surface area is 105 Å². The minimum atomic E-state index is -2.73. The Morgan fingerprint density at radius 3 is 2.76 bits per heavy atom. The van der Waals surface area contributed by atoms with Gasteiger partial charge in [-0.3, -0.25) is 9.78 Å². The maximum atomic E-state index is 12.7. The molecule has 0 aliphatic carbocycles. The van der Waals surface area contributed by atoms with Crippen molar-refractivity contribution in [3.8, 4) is 0 Å². The first-order valence-corrected chi connectivity index (χ1v) is 5.52. The Balaban J connectivity index is 3.15. The van der Waals surface area contributed by atoms with Crippen LogP contribution in [-0.4, -0.2) is 18.1 Å². The van der Waals surface area contributed by atoms with Crippen molar-refractivity contribution in [3.63, 3.8) is 0 Å². The van der Waals surface area contributed by atoms with Crippen molar-refractivity contribution in [3.05, 3.63) is 27.5 Å². The van der Waals surface area contributed by atoms with Gasteiger partial charge in [0.2, 0.25) is 0 Å². The highest BCUT2D eigenvalue weighted by Gasteiger charge is 2.19. The van der Waals surface area contributed by atoms with Crippen LogP contribution in [0.2, 0.25) is 0 Å². The highest BCUT2D eigenvalue weighted by atomic mass is 79.9. The molecule has 1 heterocycles. The summed E-state index contributed by atoms with van der Waals surface area (Å²) >= 11 is 3.13. The first kappa shape index (κ1) is 14.0. The van der Waals surface area contributed by atoms with Gasteiger partial charge in [-0.1, -0.05) is 15.9 Å². The third-order valence-corrected chi connectivity index (χ3v) is 2.83. The SMILES string of the molecule is COC(=O)Cc1cc(Br)c(CN)c(C(F)F)n1. The molecule has 0 radical (unpaired) electrons. The van der Waals surface area contributed by atoms with Gasteiger partial charge in [-0.15, -0.1) is 0 Å². The number of aromatic nitrogens is 1. The van der Waals surface area contributed by atoms with E-state index in [4.69, 9.17) is 5.73 Å². The topological polar surface area (TPSA) is 65.2 Å². The van der Waals surface area contributed by atoms with E-state index in [9.17, 15) is 13.6 Å². The van der Waals surface area contributed by atoms with Crippen LogP contribution >= 0.6 is 15.9 Å². The van der Waals surface area contributed by atoms with Crippen LogP contribution in [0, 0.1) is 0 Å². The number of halogens is 3. The van der Waals surface area contributed by atoms with Gasteiger partial charge in [0.25, 0.3) is 6.43 Å². The summed E-state index contributed by atoms with van der Waals surface area (Å²) < 4.78 is 30.3. The molecule has 0 aliphatic rings. The lowest BCUT2D eigenvalue weighted by atomic mass is 10.1. The summed E-state index contributed by atoms with van der Waals surface area (Å²) in [4.78, 5) is 14.8. The molecule has 0 amide bonds. The number of methoxy groups -OCH3 is 1. The number of hydrogen-bond donors (Lipinski definition) is 1. The second-order valence-corrected chi connectivity index (χ2v) is 4.07. The molecule has 7 heteroatoms. The second-order valence-electron chi connectivity index (χ2n) is 3.22. The Kier molecular flexibility index (Phi) is 4.95. The van der Waals surface area contributed by atoms with Crippen molar-refractivity contribution >= 4 is 21.9 Å². The second kappa shape index (κ2) is 6.02. The fourth-order valence-corrected chi connectivity index (χ4v) is 1.93. The van der Waals surface area contributed by atoms with Crippen LogP contribution in [0.25, 0.3) is 0 Å². The van der Waals surface area contributed by atoms with Gasteiger partial charge in [0.1, 0.15) is 5.69 Å². The molecule has 1 aromatic rings. The Morgan fingerprint density at radius 1 is 1.65 bits per heavy atom. The van der Waals surface area contributed by atoms with Gasteiger partial charge in [0.05, 0.1) is 19.2 Å².